The molecule has 0 aliphatic heterocycles. The highest BCUT2D eigenvalue weighted by atomic mass is 35.5. The number of benzene rings is 1. The normalized spacial score (nSPS) is 11.6. The SMILES string of the molecule is CC(NC(=O)O)C(=O)NCc1cc(Cl)ccc1-n1cnnn1.O=C(O)C(F)(F)F. The molecule has 0 saturated carbocycles. The molecule has 158 valence electrons. The van der Waals surface area contributed by atoms with E-state index in [1.54, 1.807) is 18.2 Å². The largest absolute Gasteiger partial charge is 0.490 e. The summed E-state index contributed by atoms with van der Waals surface area (Å²) >= 11 is 5.96. The number of hydrogen-bond acceptors (Lipinski definition) is 6. The van der Waals surface area contributed by atoms with Crippen molar-refractivity contribution in [3.8, 4) is 5.69 Å². The van der Waals surface area contributed by atoms with Gasteiger partial charge in [0.05, 0.1) is 5.69 Å². The molecule has 0 saturated heterocycles. The molecular weight excluding hydrogens is 425 g/mol. The maximum absolute atomic E-state index is 11.8. The van der Waals surface area contributed by atoms with Gasteiger partial charge in [0.25, 0.3) is 0 Å². The van der Waals surface area contributed by atoms with E-state index in [1.165, 1.54) is 17.9 Å². The highest BCUT2D eigenvalue weighted by Crippen LogP contribution is 2.18. The zero-order chi connectivity index (χ0) is 22.2. The van der Waals surface area contributed by atoms with Crippen LogP contribution in [-0.2, 0) is 16.1 Å². The van der Waals surface area contributed by atoms with E-state index in [9.17, 15) is 22.8 Å². The number of carbonyl (C=O) groups is 3. The van der Waals surface area contributed by atoms with Gasteiger partial charge in [-0.3, -0.25) is 4.79 Å². The van der Waals surface area contributed by atoms with E-state index < -0.39 is 30.2 Å². The number of amides is 2. The van der Waals surface area contributed by atoms with Crippen LogP contribution in [0.15, 0.2) is 24.5 Å². The average Bonchev–Trinajstić information content (AvgIpc) is 3.13. The summed E-state index contributed by atoms with van der Waals surface area (Å²) in [6.45, 7) is 1.60. The third-order valence-electron chi connectivity index (χ3n) is 3.07. The predicted octanol–water partition coefficient (Wildman–Crippen LogP) is 1.22. The Bertz CT molecular complexity index is 862. The standard InChI is InChI=1S/C12H13ClN6O3.C2HF3O2/c1-7(16-12(21)22)11(20)14-5-8-4-9(13)2-3-10(8)19-6-15-17-18-19;3-2(4,5)1(6)7/h2-4,6-7,16H,5H2,1H3,(H,14,20)(H,21,22);(H,6,7). The number of aromatic nitrogens is 4. The van der Waals surface area contributed by atoms with Gasteiger partial charge >= 0.3 is 18.2 Å². The van der Waals surface area contributed by atoms with Gasteiger partial charge in [-0.25, -0.2) is 14.3 Å². The van der Waals surface area contributed by atoms with E-state index in [0.29, 0.717) is 16.3 Å². The number of rotatable bonds is 5. The number of carboxylic acids is 1. The summed E-state index contributed by atoms with van der Waals surface area (Å²) in [5.74, 6) is -3.21. The second kappa shape index (κ2) is 10.2. The minimum Gasteiger partial charge on any atom is -0.475 e. The third-order valence-corrected chi connectivity index (χ3v) is 3.30. The quantitative estimate of drug-likeness (QED) is 0.542. The van der Waals surface area contributed by atoms with E-state index in [1.807, 2.05) is 0 Å². The molecule has 0 spiro atoms. The lowest BCUT2D eigenvalue weighted by molar-refractivity contribution is -0.192. The van der Waals surface area contributed by atoms with E-state index in [-0.39, 0.29) is 6.54 Å². The summed E-state index contributed by atoms with van der Waals surface area (Å²) < 4.78 is 33.2. The number of aliphatic carboxylic acids is 1. The Labute approximate surface area is 165 Å². The molecule has 1 atom stereocenters. The number of carbonyl (C=O) groups excluding carboxylic acids is 1. The molecule has 1 aromatic heterocycles. The first kappa shape index (κ1) is 23.6. The number of carboxylic acid groups (broad SMARTS) is 2. The van der Waals surface area contributed by atoms with Crippen molar-refractivity contribution in [1.29, 1.82) is 0 Å². The van der Waals surface area contributed by atoms with Crippen LogP contribution in [0.3, 0.4) is 0 Å². The first-order valence-corrected chi connectivity index (χ1v) is 7.88. The maximum Gasteiger partial charge on any atom is 0.490 e. The van der Waals surface area contributed by atoms with E-state index in [4.69, 9.17) is 26.6 Å². The lowest BCUT2D eigenvalue weighted by Gasteiger charge is -2.14. The molecule has 2 aromatic rings. The highest BCUT2D eigenvalue weighted by Gasteiger charge is 2.38. The van der Waals surface area contributed by atoms with Crippen molar-refractivity contribution < 1.29 is 37.8 Å². The minimum atomic E-state index is -5.08. The van der Waals surface area contributed by atoms with Gasteiger partial charge in [0, 0.05) is 11.6 Å². The number of nitrogens with one attached hydrogen (secondary N) is 2. The molecule has 2 rings (SSSR count). The highest BCUT2D eigenvalue weighted by molar-refractivity contribution is 6.30. The van der Waals surface area contributed by atoms with Crippen LogP contribution in [0.5, 0.6) is 0 Å². The Morgan fingerprint density at radius 3 is 2.38 bits per heavy atom. The zero-order valence-electron chi connectivity index (χ0n) is 14.5. The second-order valence-corrected chi connectivity index (χ2v) is 5.66. The fourth-order valence-electron chi connectivity index (χ4n) is 1.78. The van der Waals surface area contributed by atoms with Crippen LogP contribution in [0.2, 0.25) is 5.02 Å². The molecule has 1 heterocycles. The van der Waals surface area contributed by atoms with Gasteiger partial charge in [-0.2, -0.15) is 13.2 Å². The first-order valence-electron chi connectivity index (χ1n) is 7.51. The Morgan fingerprint density at radius 2 is 1.90 bits per heavy atom. The lowest BCUT2D eigenvalue weighted by Crippen LogP contribution is -2.44. The topological polar surface area (TPSA) is 159 Å². The molecule has 11 nitrogen and oxygen atoms in total. The predicted molar refractivity (Wildman–Crippen MR) is 90.3 cm³/mol. The molecule has 4 N–H and O–H groups in total. The molecule has 0 radical (unpaired) electrons. The second-order valence-electron chi connectivity index (χ2n) is 5.22. The van der Waals surface area contributed by atoms with Crippen LogP contribution in [0.1, 0.15) is 12.5 Å². The van der Waals surface area contributed by atoms with Crippen molar-refractivity contribution in [2.24, 2.45) is 0 Å². The summed E-state index contributed by atoms with van der Waals surface area (Å²) in [5.41, 5.74) is 1.35. The van der Waals surface area contributed by atoms with Crippen LogP contribution < -0.4 is 10.6 Å². The Balaban J connectivity index is 0.000000516. The van der Waals surface area contributed by atoms with Crippen LogP contribution in [-0.4, -0.2) is 60.6 Å². The monoisotopic (exact) mass is 438 g/mol. The number of alkyl halides is 3. The van der Waals surface area contributed by atoms with Crippen molar-refractivity contribution in [3.05, 3.63) is 35.1 Å². The van der Waals surface area contributed by atoms with Gasteiger partial charge in [0.1, 0.15) is 12.4 Å². The lowest BCUT2D eigenvalue weighted by atomic mass is 10.1. The average molecular weight is 439 g/mol. The molecule has 0 bridgehead atoms. The molecule has 29 heavy (non-hydrogen) atoms. The minimum absolute atomic E-state index is 0.153. The summed E-state index contributed by atoms with van der Waals surface area (Å²) in [6.07, 6.45) is -4.93. The van der Waals surface area contributed by atoms with Crippen molar-refractivity contribution in [2.45, 2.75) is 25.7 Å². The van der Waals surface area contributed by atoms with Gasteiger partial charge in [0.15, 0.2) is 0 Å². The molecule has 0 fully saturated rings. The number of halogens is 4. The molecular formula is C14H14ClF3N6O5. The van der Waals surface area contributed by atoms with Crippen molar-refractivity contribution in [1.82, 2.24) is 30.8 Å². The van der Waals surface area contributed by atoms with Gasteiger partial charge in [-0.1, -0.05) is 11.6 Å². The van der Waals surface area contributed by atoms with Gasteiger partial charge in [0.2, 0.25) is 5.91 Å². The molecule has 1 unspecified atom stereocenters. The molecule has 2 amide bonds. The number of hydrogen-bond donors (Lipinski definition) is 4. The number of tetrazole rings is 1. The molecule has 0 aliphatic rings. The van der Waals surface area contributed by atoms with E-state index >= 15 is 0 Å². The van der Waals surface area contributed by atoms with Crippen LogP contribution in [0.4, 0.5) is 18.0 Å². The first-order chi connectivity index (χ1) is 13.4. The fraction of sp³-hybridized carbons (Fsp3) is 0.286. The van der Waals surface area contributed by atoms with Gasteiger partial charge < -0.3 is 20.8 Å². The fourth-order valence-corrected chi connectivity index (χ4v) is 1.97. The van der Waals surface area contributed by atoms with Gasteiger partial charge in [-0.05, 0) is 41.1 Å². The summed E-state index contributed by atoms with van der Waals surface area (Å²) in [4.78, 5) is 31.2. The van der Waals surface area contributed by atoms with Crippen molar-refractivity contribution in [3.63, 3.8) is 0 Å². The Hall–Kier alpha value is -3.42. The molecule has 15 heteroatoms. The summed E-state index contributed by atoms with van der Waals surface area (Å²) in [6, 6.07) is 4.21. The van der Waals surface area contributed by atoms with Crippen LogP contribution >= 0.6 is 11.6 Å². The number of nitrogens with zero attached hydrogens (tertiary/aromatic N) is 4. The molecule has 0 aliphatic carbocycles. The maximum atomic E-state index is 11.8. The Morgan fingerprint density at radius 1 is 1.28 bits per heavy atom. The smallest absolute Gasteiger partial charge is 0.475 e. The summed E-state index contributed by atoms with van der Waals surface area (Å²) in [5, 5.41) is 31.8. The van der Waals surface area contributed by atoms with E-state index in [0.717, 1.165) is 0 Å². The van der Waals surface area contributed by atoms with Crippen molar-refractivity contribution in [2.75, 3.05) is 0 Å². The molecule has 1 aromatic carbocycles. The van der Waals surface area contributed by atoms with Gasteiger partial charge in [-0.15, -0.1) is 5.10 Å². The third kappa shape index (κ3) is 8.00. The summed E-state index contributed by atoms with van der Waals surface area (Å²) in [7, 11) is 0. The van der Waals surface area contributed by atoms with Crippen LogP contribution in [0, 0.1) is 0 Å². The Kier molecular flexibility index (Phi) is 8.32. The van der Waals surface area contributed by atoms with Crippen LogP contribution in [0.25, 0.3) is 5.69 Å². The van der Waals surface area contributed by atoms with E-state index in [2.05, 4.69) is 26.2 Å². The van der Waals surface area contributed by atoms with Crippen molar-refractivity contribution >= 4 is 29.6 Å². The zero-order valence-corrected chi connectivity index (χ0v) is 15.3.